The monoisotopic (exact) mass is 208 g/mol. The standard InChI is InChI=1S/C11H16N2O2/c1-13-7-10(12)11(14)15-8-9-5-3-2-4-6-9/h2-6,10,13H,7-8,12H2,1H3/t10-/m1/s1. The molecule has 0 aromatic heterocycles. The Balaban J connectivity index is 2.34. The number of hydrogen-bond acceptors (Lipinski definition) is 4. The van der Waals surface area contributed by atoms with E-state index in [2.05, 4.69) is 5.32 Å². The van der Waals surface area contributed by atoms with Crippen LogP contribution in [-0.2, 0) is 16.1 Å². The first-order chi connectivity index (χ1) is 7.24. The number of carbonyl (C=O) groups is 1. The summed E-state index contributed by atoms with van der Waals surface area (Å²) in [6.45, 7) is 0.699. The molecule has 4 heteroatoms. The number of benzene rings is 1. The van der Waals surface area contributed by atoms with Gasteiger partial charge in [0.1, 0.15) is 12.6 Å². The molecule has 0 aliphatic rings. The van der Waals surface area contributed by atoms with Crippen LogP contribution in [0.3, 0.4) is 0 Å². The molecule has 3 N–H and O–H groups in total. The summed E-state index contributed by atoms with van der Waals surface area (Å²) in [6, 6.07) is 8.91. The third-order valence-electron chi connectivity index (χ3n) is 1.95. The van der Waals surface area contributed by atoms with E-state index < -0.39 is 6.04 Å². The van der Waals surface area contributed by atoms with Gasteiger partial charge in [0.15, 0.2) is 0 Å². The maximum atomic E-state index is 11.3. The van der Waals surface area contributed by atoms with E-state index in [0.29, 0.717) is 6.54 Å². The average Bonchev–Trinajstić information content (AvgIpc) is 2.27. The van der Waals surface area contributed by atoms with Crippen molar-refractivity contribution in [1.82, 2.24) is 5.32 Å². The molecule has 4 nitrogen and oxygen atoms in total. The first-order valence-electron chi connectivity index (χ1n) is 4.84. The minimum absolute atomic E-state index is 0.275. The molecular formula is C11H16N2O2. The Bertz CT molecular complexity index is 301. The molecule has 0 unspecified atom stereocenters. The van der Waals surface area contributed by atoms with E-state index in [0.717, 1.165) is 5.56 Å². The minimum atomic E-state index is -0.598. The summed E-state index contributed by atoms with van der Waals surface area (Å²) in [7, 11) is 1.74. The highest BCUT2D eigenvalue weighted by atomic mass is 16.5. The topological polar surface area (TPSA) is 64.3 Å². The van der Waals surface area contributed by atoms with Gasteiger partial charge in [-0.05, 0) is 12.6 Å². The smallest absolute Gasteiger partial charge is 0.324 e. The Kier molecular flexibility index (Phi) is 4.80. The molecule has 0 heterocycles. The van der Waals surface area contributed by atoms with Crippen molar-refractivity contribution in [3.8, 4) is 0 Å². The van der Waals surface area contributed by atoms with Gasteiger partial charge in [-0.1, -0.05) is 30.3 Å². The number of carbonyl (C=O) groups excluding carboxylic acids is 1. The van der Waals surface area contributed by atoms with E-state index in [1.165, 1.54) is 0 Å². The molecule has 0 bridgehead atoms. The van der Waals surface area contributed by atoms with Gasteiger partial charge in [0.2, 0.25) is 0 Å². The number of nitrogens with one attached hydrogen (secondary N) is 1. The molecule has 0 saturated carbocycles. The zero-order valence-electron chi connectivity index (χ0n) is 8.77. The van der Waals surface area contributed by atoms with Crippen molar-refractivity contribution in [3.63, 3.8) is 0 Å². The van der Waals surface area contributed by atoms with Crippen molar-refractivity contribution in [2.45, 2.75) is 12.6 Å². The largest absolute Gasteiger partial charge is 0.460 e. The summed E-state index contributed by atoms with van der Waals surface area (Å²) in [5.74, 6) is -0.381. The number of rotatable bonds is 5. The molecule has 0 aliphatic heterocycles. The van der Waals surface area contributed by atoms with Crippen molar-refractivity contribution in [1.29, 1.82) is 0 Å². The number of likely N-dealkylation sites (N-methyl/N-ethyl adjacent to an activating group) is 1. The van der Waals surface area contributed by atoms with Crippen LogP contribution < -0.4 is 11.1 Å². The average molecular weight is 208 g/mol. The molecule has 1 atom stereocenters. The highest BCUT2D eigenvalue weighted by Crippen LogP contribution is 2.01. The third-order valence-corrected chi connectivity index (χ3v) is 1.95. The van der Waals surface area contributed by atoms with E-state index in [1.807, 2.05) is 30.3 Å². The van der Waals surface area contributed by atoms with Gasteiger partial charge in [0.25, 0.3) is 0 Å². The van der Waals surface area contributed by atoms with Crippen LogP contribution in [0.1, 0.15) is 5.56 Å². The van der Waals surface area contributed by atoms with Gasteiger partial charge in [-0.25, -0.2) is 0 Å². The number of nitrogens with two attached hydrogens (primary N) is 1. The van der Waals surface area contributed by atoms with Gasteiger partial charge in [-0.15, -0.1) is 0 Å². The van der Waals surface area contributed by atoms with Gasteiger partial charge >= 0.3 is 5.97 Å². The zero-order valence-corrected chi connectivity index (χ0v) is 8.77. The van der Waals surface area contributed by atoms with Crippen LogP contribution in [0, 0.1) is 0 Å². The first-order valence-corrected chi connectivity index (χ1v) is 4.84. The quantitative estimate of drug-likeness (QED) is 0.682. The fraction of sp³-hybridized carbons (Fsp3) is 0.364. The summed E-state index contributed by atoms with van der Waals surface area (Å²) in [5.41, 5.74) is 6.52. The van der Waals surface area contributed by atoms with Crippen LogP contribution in [-0.4, -0.2) is 25.6 Å². The maximum Gasteiger partial charge on any atom is 0.324 e. The predicted octanol–water partition coefficient (Wildman–Crippen LogP) is 0.277. The van der Waals surface area contributed by atoms with E-state index in [9.17, 15) is 4.79 Å². The second-order valence-electron chi connectivity index (χ2n) is 3.26. The second kappa shape index (κ2) is 6.16. The Morgan fingerprint density at radius 1 is 1.47 bits per heavy atom. The van der Waals surface area contributed by atoms with E-state index in [1.54, 1.807) is 7.05 Å². The van der Waals surface area contributed by atoms with E-state index in [-0.39, 0.29) is 12.6 Å². The molecule has 0 spiro atoms. The van der Waals surface area contributed by atoms with Crippen molar-refractivity contribution in [2.75, 3.05) is 13.6 Å². The first kappa shape index (κ1) is 11.7. The Morgan fingerprint density at radius 2 is 2.13 bits per heavy atom. The fourth-order valence-corrected chi connectivity index (χ4v) is 1.14. The SMILES string of the molecule is CNC[C@@H](N)C(=O)OCc1ccccc1. The van der Waals surface area contributed by atoms with Crippen LogP contribution in [0.4, 0.5) is 0 Å². The van der Waals surface area contributed by atoms with Crippen LogP contribution >= 0.6 is 0 Å². The van der Waals surface area contributed by atoms with E-state index in [4.69, 9.17) is 10.5 Å². The second-order valence-corrected chi connectivity index (χ2v) is 3.26. The van der Waals surface area contributed by atoms with Crippen LogP contribution in [0.2, 0.25) is 0 Å². The highest BCUT2D eigenvalue weighted by Gasteiger charge is 2.13. The van der Waals surface area contributed by atoms with Crippen LogP contribution in [0.25, 0.3) is 0 Å². The lowest BCUT2D eigenvalue weighted by molar-refractivity contribution is -0.146. The summed E-state index contributed by atoms with van der Waals surface area (Å²) >= 11 is 0. The summed E-state index contributed by atoms with van der Waals surface area (Å²) in [4.78, 5) is 11.3. The Morgan fingerprint density at radius 3 is 2.73 bits per heavy atom. The molecule has 1 aromatic carbocycles. The molecule has 1 rings (SSSR count). The third kappa shape index (κ3) is 4.10. The Hall–Kier alpha value is -1.39. The summed E-state index contributed by atoms with van der Waals surface area (Å²) < 4.78 is 5.04. The number of ether oxygens (including phenoxy) is 1. The normalized spacial score (nSPS) is 12.1. The zero-order chi connectivity index (χ0) is 11.1. The van der Waals surface area contributed by atoms with Crippen LogP contribution in [0.5, 0.6) is 0 Å². The number of hydrogen-bond donors (Lipinski definition) is 2. The molecule has 0 saturated heterocycles. The van der Waals surface area contributed by atoms with E-state index >= 15 is 0 Å². The molecule has 15 heavy (non-hydrogen) atoms. The van der Waals surface area contributed by atoms with Gasteiger partial charge in [-0.2, -0.15) is 0 Å². The summed E-state index contributed by atoms with van der Waals surface area (Å²) in [5, 5.41) is 2.82. The fourth-order valence-electron chi connectivity index (χ4n) is 1.14. The number of esters is 1. The lowest BCUT2D eigenvalue weighted by atomic mass is 10.2. The minimum Gasteiger partial charge on any atom is -0.460 e. The van der Waals surface area contributed by atoms with Gasteiger partial charge in [0.05, 0.1) is 0 Å². The highest BCUT2D eigenvalue weighted by molar-refractivity contribution is 5.75. The predicted molar refractivity (Wildman–Crippen MR) is 58.1 cm³/mol. The van der Waals surface area contributed by atoms with Crippen molar-refractivity contribution >= 4 is 5.97 Å². The maximum absolute atomic E-state index is 11.3. The molecule has 0 aliphatic carbocycles. The lowest BCUT2D eigenvalue weighted by Crippen LogP contribution is -2.40. The summed E-state index contributed by atoms with van der Waals surface area (Å²) in [6.07, 6.45) is 0. The molecule has 1 aromatic rings. The van der Waals surface area contributed by atoms with Crippen molar-refractivity contribution < 1.29 is 9.53 Å². The van der Waals surface area contributed by atoms with Gasteiger partial charge < -0.3 is 15.8 Å². The van der Waals surface area contributed by atoms with Gasteiger partial charge in [0, 0.05) is 6.54 Å². The molecule has 0 amide bonds. The van der Waals surface area contributed by atoms with Crippen molar-refractivity contribution in [3.05, 3.63) is 35.9 Å². The van der Waals surface area contributed by atoms with Crippen LogP contribution in [0.15, 0.2) is 30.3 Å². The van der Waals surface area contributed by atoms with Gasteiger partial charge in [-0.3, -0.25) is 4.79 Å². The lowest BCUT2D eigenvalue weighted by Gasteiger charge is -2.10. The molecule has 82 valence electrons. The molecule has 0 radical (unpaired) electrons. The Labute approximate surface area is 89.4 Å². The molecule has 0 fully saturated rings. The van der Waals surface area contributed by atoms with Crippen molar-refractivity contribution in [2.24, 2.45) is 5.73 Å². The molecular weight excluding hydrogens is 192 g/mol.